The first kappa shape index (κ1) is 14.6. The molecule has 0 atom stereocenters. The van der Waals surface area contributed by atoms with Gasteiger partial charge in [0.15, 0.2) is 11.6 Å². The van der Waals surface area contributed by atoms with Gasteiger partial charge >= 0.3 is 0 Å². The first-order valence-electron chi connectivity index (χ1n) is 7.23. The average Bonchev–Trinajstić information content (AvgIpc) is 2.84. The second kappa shape index (κ2) is 5.79. The van der Waals surface area contributed by atoms with Gasteiger partial charge in [-0.1, -0.05) is 12.1 Å². The van der Waals surface area contributed by atoms with Gasteiger partial charge in [0.1, 0.15) is 12.4 Å². The summed E-state index contributed by atoms with van der Waals surface area (Å²) in [6, 6.07) is 13.1. The number of halogens is 2. The van der Waals surface area contributed by atoms with Crippen molar-refractivity contribution in [2.75, 3.05) is 0 Å². The van der Waals surface area contributed by atoms with Crippen LogP contribution in [0.4, 0.5) is 8.78 Å². The van der Waals surface area contributed by atoms with E-state index in [1.54, 1.807) is 24.3 Å². The van der Waals surface area contributed by atoms with E-state index in [4.69, 9.17) is 4.74 Å². The van der Waals surface area contributed by atoms with E-state index in [1.807, 2.05) is 24.5 Å². The van der Waals surface area contributed by atoms with Crippen molar-refractivity contribution in [3.63, 3.8) is 0 Å². The van der Waals surface area contributed by atoms with Crippen molar-refractivity contribution in [3.05, 3.63) is 65.9 Å². The van der Waals surface area contributed by atoms with Crippen molar-refractivity contribution in [2.45, 2.75) is 26.5 Å². The molecule has 0 fully saturated rings. The Morgan fingerprint density at radius 2 is 1.82 bits per heavy atom. The number of ether oxygens (including phenoxy) is 1. The summed E-state index contributed by atoms with van der Waals surface area (Å²) < 4.78 is 34.7. The second-order valence-corrected chi connectivity index (χ2v) is 5.52. The van der Waals surface area contributed by atoms with E-state index in [0.717, 1.165) is 16.6 Å². The van der Waals surface area contributed by atoms with Gasteiger partial charge in [-0.25, -0.2) is 8.78 Å². The molecule has 3 aromatic rings. The van der Waals surface area contributed by atoms with E-state index < -0.39 is 0 Å². The highest BCUT2D eigenvalue weighted by Gasteiger charge is 2.13. The third kappa shape index (κ3) is 2.69. The summed E-state index contributed by atoms with van der Waals surface area (Å²) in [6.07, 6.45) is 0. The molecule has 0 aliphatic carbocycles. The Kier molecular flexibility index (Phi) is 3.84. The first-order valence-corrected chi connectivity index (χ1v) is 7.23. The van der Waals surface area contributed by atoms with E-state index in [9.17, 15) is 8.78 Å². The number of hydrogen-bond donors (Lipinski definition) is 0. The molecule has 0 aliphatic rings. The smallest absolute Gasteiger partial charge is 0.165 e. The minimum absolute atomic E-state index is 0.151. The summed E-state index contributed by atoms with van der Waals surface area (Å²) in [4.78, 5) is 0. The van der Waals surface area contributed by atoms with E-state index in [0.29, 0.717) is 0 Å². The summed E-state index contributed by atoms with van der Waals surface area (Å²) in [7, 11) is 0. The number of hydrogen-bond acceptors (Lipinski definition) is 1. The summed E-state index contributed by atoms with van der Waals surface area (Å²) in [5.74, 6) is -0.441. The maximum Gasteiger partial charge on any atom is 0.165 e. The zero-order valence-electron chi connectivity index (χ0n) is 12.5. The van der Waals surface area contributed by atoms with Crippen LogP contribution in [0.2, 0.25) is 0 Å². The fourth-order valence-electron chi connectivity index (χ4n) is 2.69. The number of fused-ring (bicyclic) bond motifs is 1. The van der Waals surface area contributed by atoms with Crippen molar-refractivity contribution < 1.29 is 13.5 Å². The van der Waals surface area contributed by atoms with Crippen molar-refractivity contribution in [3.8, 4) is 5.75 Å². The molecule has 0 saturated heterocycles. The zero-order valence-corrected chi connectivity index (χ0v) is 12.5. The van der Waals surface area contributed by atoms with Crippen LogP contribution in [0.5, 0.6) is 5.75 Å². The molecule has 0 saturated carbocycles. The van der Waals surface area contributed by atoms with Crippen LogP contribution in [0.25, 0.3) is 10.9 Å². The monoisotopic (exact) mass is 301 g/mol. The predicted octanol–water partition coefficient (Wildman–Crippen LogP) is 5.08. The van der Waals surface area contributed by atoms with E-state index in [2.05, 4.69) is 0 Å². The zero-order chi connectivity index (χ0) is 15.7. The molecule has 0 unspecified atom stereocenters. The highest BCUT2D eigenvalue weighted by atomic mass is 19.1. The van der Waals surface area contributed by atoms with Crippen LogP contribution in [-0.4, -0.2) is 4.57 Å². The fourth-order valence-corrected chi connectivity index (χ4v) is 2.69. The highest BCUT2D eigenvalue weighted by molar-refractivity contribution is 5.81. The molecule has 0 bridgehead atoms. The van der Waals surface area contributed by atoms with E-state index in [-0.39, 0.29) is 30.0 Å². The Hall–Kier alpha value is -2.36. The lowest BCUT2D eigenvalue weighted by atomic mass is 10.2. The van der Waals surface area contributed by atoms with Crippen molar-refractivity contribution in [1.29, 1.82) is 0 Å². The molecular weight excluding hydrogens is 284 g/mol. The van der Waals surface area contributed by atoms with Crippen molar-refractivity contribution in [2.24, 2.45) is 0 Å². The lowest BCUT2D eigenvalue weighted by molar-refractivity contribution is 0.279. The third-order valence-electron chi connectivity index (χ3n) is 3.61. The maximum atomic E-state index is 13.6. The molecule has 0 N–H and O–H groups in total. The quantitative estimate of drug-likeness (QED) is 0.655. The van der Waals surface area contributed by atoms with Gasteiger partial charge in [0.05, 0.1) is 11.2 Å². The van der Waals surface area contributed by atoms with Crippen LogP contribution in [0, 0.1) is 11.6 Å². The Labute approximate surface area is 127 Å². The molecule has 1 aromatic heterocycles. The minimum Gasteiger partial charge on any atom is -0.484 e. The molecule has 2 aromatic carbocycles. The van der Waals surface area contributed by atoms with Gasteiger partial charge in [-0.3, -0.25) is 0 Å². The average molecular weight is 301 g/mol. The highest BCUT2D eigenvalue weighted by Crippen LogP contribution is 2.26. The topological polar surface area (TPSA) is 14.2 Å². The molecule has 22 heavy (non-hydrogen) atoms. The van der Waals surface area contributed by atoms with Gasteiger partial charge in [0.25, 0.3) is 0 Å². The molecule has 1 heterocycles. The van der Waals surface area contributed by atoms with Crippen molar-refractivity contribution >= 4 is 10.9 Å². The van der Waals surface area contributed by atoms with Crippen LogP contribution >= 0.6 is 0 Å². The first-order chi connectivity index (χ1) is 10.6. The predicted molar refractivity (Wildman–Crippen MR) is 83.0 cm³/mol. The number of para-hydroxylation sites is 1. The molecule has 2 nitrogen and oxygen atoms in total. The molecule has 0 radical (unpaired) electrons. The van der Waals surface area contributed by atoms with E-state index in [1.165, 1.54) is 18.2 Å². The number of benzene rings is 2. The van der Waals surface area contributed by atoms with E-state index >= 15 is 0 Å². The lowest BCUT2D eigenvalue weighted by Crippen LogP contribution is -2.08. The summed E-state index contributed by atoms with van der Waals surface area (Å²) in [5.41, 5.74) is 1.71. The molecule has 114 valence electrons. The van der Waals surface area contributed by atoms with Crippen molar-refractivity contribution in [1.82, 2.24) is 4.57 Å². The molecule has 0 spiro atoms. The van der Waals surface area contributed by atoms with Gasteiger partial charge in [-0.05, 0) is 50.2 Å². The largest absolute Gasteiger partial charge is 0.484 e. The Balaban J connectivity index is 1.96. The molecule has 0 aliphatic heterocycles. The summed E-state index contributed by atoms with van der Waals surface area (Å²) >= 11 is 0. The standard InChI is InChI=1S/C18H17F2NO/c1-12(2)21-15(9-13-7-8-14(19)10-17(13)21)11-22-18-6-4-3-5-16(18)20/h3-10,12H,11H2,1-2H3. The Morgan fingerprint density at radius 3 is 2.55 bits per heavy atom. The SMILES string of the molecule is CC(C)n1c(COc2ccccc2F)cc2ccc(F)cc21. The maximum absolute atomic E-state index is 13.6. The fraction of sp³-hybridized carbons (Fsp3) is 0.222. The van der Waals surface area contributed by atoms with Crippen LogP contribution in [0.15, 0.2) is 48.5 Å². The number of aromatic nitrogens is 1. The van der Waals surface area contributed by atoms with Gasteiger partial charge in [-0.15, -0.1) is 0 Å². The molecular formula is C18H17F2NO. The third-order valence-corrected chi connectivity index (χ3v) is 3.61. The normalized spacial score (nSPS) is 11.3. The summed E-state index contributed by atoms with van der Waals surface area (Å²) in [5, 5.41) is 0.947. The van der Waals surface area contributed by atoms with Crippen LogP contribution in [-0.2, 0) is 6.61 Å². The van der Waals surface area contributed by atoms with Gasteiger partial charge in [0, 0.05) is 11.4 Å². The van der Waals surface area contributed by atoms with Crippen LogP contribution < -0.4 is 4.74 Å². The second-order valence-electron chi connectivity index (χ2n) is 5.52. The van der Waals surface area contributed by atoms with Crippen LogP contribution in [0.3, 0.4) is 0 Å². The number of nitrogens with zero attached hydrogens (tertiary/aromatic N) is 1. The molecule has 4 heteroatoms. The van der Waals surface area contributed by atoms with Crippen LogP contribution in [0.1, 0.15) is 25.6 Å². The lowest BCUT2D eigenvalue weighted by Gasteiger charge is -2.15. The minimum atomic E-state index is -0.388. The Morgan fingerprint density at radius 1 is 1.05 bits per heavy atom. The Bertz CT molecular complexity index is 808. The van der Waals surface area contributed by atoms with Gasteiger partial charge < -0.3 is 9.30 Å². The van der Waals surface area contributed by atoms with Gasteiger partial charge in [-0.2, -0.15) is 0 Å². The van der Waals surface area contributed by atoms with Gasteiger partial charge in [0.2, 0.25) is 0 Å². The summed E-state index contributed by atoms with van der Waals surface area (Å²) in [6.45, 7) is 4.28. The molecule has 0 amide bonds. The number of rotatable bonds is 4. The molecule has 3 rings (SSSR count).